The van der Waals surface area contributed by atoms with Gasteiger partial charge in [0.2, 0.25) is 0 Å². The van der Waals surface area contributed by atoms with Gasteiger partial charge in [-0.25, -0.2) is 0 Å². The van der Waals surface area contributed by atoms with E-state index in [0.29, 0.717) is 16.2 Å². The van der Waals surface area contributed by atoms with Gasteiger partial charge in [0.05, 0.1) is 6.04 Å². The number of hydrogen-bond acceptors (Lipinski definition) is 2. The molecular formula is C27H30N2OS. The van der Waals surface area contributed by atoms with E-state index in [1.165, 1.54) is 16.7 Å². The summed E-state index contributed by atoms with van der Waals surface area (Å²) in [6.45, 7) is 10.7. The Morgan fingerprint density at radius 2 is 1.58 bits per heavy atom. The fraction of sp³-hybridized carbons (Fsp3) is 0.259. The van der Waals surface area contributed by atoms with Gasteiger partial charge >= 0.3 is 0 Å². The lowest BCUT2D eigenvalue weighted by atomic mass is 9.86. The van der Waals surface area contributed by atoms with Crippen LogP contribution < -0.4 is 10.6 Å². The second-order valence-electron chi connectivity index (χ2n) is 8.91. The highest BCUT2D eigenvalue weighted by atomic mass is 32.1. The Kier molecular flexibility index (Phi) is 6.91. The lowest BCUT2D eigenvalue weighted by Gasteiger charge is -2.19. The van der Waals surface area contributed by atoms with Crippen LogP contribution in [0.1, 0.15) is 66.3 Å². The van der Waals surface area contributed by atoms with Crippen LogP contribution in [0.4, 0.5) is 5.69 Å². The predicted octanol–water partition coefficient (Wildman–Crippen LogP) is 6.57. The highest BCUT2D eigenvalue weighted by Gasteiger charge is 2.15. The summed E-state index contributed by atoms with van der Waals surface area (Å²) in [6.07, 6.45) is 0. The lowest BCUT2D eigenvalue weighted by Crippen LogP contribution is -2.31. The Labute approximate surface area is 190 Å². The normalized spacial score (nSPS) is 12.2. The minimum Gasteiger partial charge on any atom is -0.356 e. The Balaban J connectivity index is 1.69. The van der Waals surface area contributed by atoms with Crippen LogP contribution >= 0.6 is 12.2 Å². The van der Waals surface area contributed by atoms with Crippen molar-refractivity contribution in [1.29, 1.82) is 0 Å². The van der Waals surface area contributed by atoms with E-state index in [9.17, 15) is 4.79 Å². The molecule has 3 aromatic carbocycles. The summed E-state index contributed by atoms with van der Waals surface area (Å²) in [5.41, 5.74) is 5.78. The SMILES string of the molecule is Cc1ccccc1[C@@H](C)NC(=S)Nc1cccc(C(=O)c2ccc(C(C)(C)C)cc2)c1. The molecule has 1 atom stereocenters. The average Bonchev–Trinajstić information content (AvgIpc) is 2.73. The molecule has 0 aliphatic rings. The van der Waals surface area contributed by atoms with Gasteiger partial charge in [0.25, 0.3) is 0 Å². The summed E-state index contributed by atoms with van der Waals surface area (Å²) < 4.78 is 0. The van der Waals surface area contributed by atoms with Crippen LogP contribution in [0.5, 0.6) is 0 Å². The lowest BCUT2D eigenvalue weighted by molar-refractivity contribution is 0.103. The minimum atomic E-state index is -0.00346. The van der Waals surface area contributed by atoms with E-state index in [2.05, 4.69) is 57.4 Å². The third-order valence-electron chi connectivity index (χ3n) is 5.40. The molecule has 0 aromatic heterocycles. The van der Waals surface area contributed by atoms with Gasteiger partial charge in [-0.3, -0.25) is 4.79 Å². The maximum Gasteiger partial charge on any atom is 0.193 e. The molecule has 0 saturated heterocycles. The standard InChI is InChI=1S/C27H30N2OS/c1-18-9-6-7-12-24(18)19(2)28-26(31)29-23-11-8-10-21(17-23)25(30)20-13-15-22(16-14-20)27(3,4)5/h6-17,19H,1-5H3,(H2,28,29,31)/t19-/m1/s1. The first-order chi connectivity index (χ1) is 14.6. The van der Waals surface area contributed by atoms with Crippen LogP contribution in [-0.4, -0.2) is 10.9 Å². The number of carbonyl (C=O) groups excluding carboxylic acids is 1. The van der Waals surface area contributed by atoms with Gasteiger partial charge in [0.1, 0.15) is 0 Å². The van der Waals surface area contributed by atoms with Crippen molar-refractivity contribution >= 4 is 28.8 Å². The van der Waals surface area contributed by atoms with Crippen LogP contribution in [0, 0.1) is 6.92 Å². The van der Waals surface area contributed by atoms with E-state index >= 15 is 0 Å². The van der Waals surface area contributed by atoms with Gasteiger partial charge in [-0.2, -0.15) is 0 Å². The van der Waals surface area contributed by atoms with Crippen molar-refractivity contribution in [2.24, 2.45) is 0 Å². The molecule has 0 heterocycles. The number of aryl methyl sites for hydroxylation is 1. The van der Waals surface area contributed by atoms with Crippen LogP contribution in [0.25, 0.3) is 0 Å². The molecule has 2 N–H and O–H groups in total. The molecule has 0 fully saturated rings. The number of rotatable bonds is 5. The molecule has 0 radical (unpaired) electrons. The third-order valence-corrected chi connectivity index (χ3v) is 5.62. The van der Waals surface area contributed by atoms with E-state index in [4.69, 9.17) is 12.2 Å². The quantitative estimate of drug-likeness (QED) is 0.355. The fourth-order valence-electron chi connectivity index (χ4n) is 3.54. The van der Waals surface area contributed by atoms with Crippen LogP contribution in [0.2, 0.25) is 0 Å². The zero-order valence-electron chi connectivity index (χ0n) is 18.8. The van der Waals surface area contributed by atoms with Crippen LogP contribution in [0.15, 0.2) is 72.8 Å². The van der Waals surface area contributed by atoms with Crippen molar-refractivity contribution in [1.82, 2.24) is 5.32 Å². The summed E-state index contributed by atoms with van der Waals surface area (Å²) in [7, 11) is 0. The second kappa shape index (κ2) is 9.44. The minimum absolute atomic E-state index is 0.00346. The highest BCUT2D eigenvalue weighted by molar-refractivity contribution is 7.80. The summed E-state index contributed by atoms with van der Waals surface area (Å²) in [4.78, 5) is 13.0. The molecular weight excluding hydrogens is 400 g/mol. The second-order valence-corrected chi connectivity index (χ2v) is 9.32. The first-order valence-corrected chi connectivity index (χ1v) is 10.9. The van der Waals surface area contributed by atoms with Crippen molar-refractivity contribution in [3.8, 4) is 0 Å². The molecule has 0 saturated carbocycles. The summed E-state index contributed by atoms with van der Waals surface area (Å²) in [5, 5.41) is 7.05. The van der Waals surface area contributed by atoms with Crippen molar-refractivity contribution in [3.63, 3.8) is 0 Å². The van der Waals surface area contributed by atoms with E-state index in [1.54, 1.807) is 0 Å². The van der Waals surface area contributed by atoms with Crippen molar-refractivity contribution in [2.45, 2.75) is 46.1 Å². The molecule has 0 spiro atoms. The maximum absolute atomic E-state index is 13.0. The zero-order valence-corrected chi connectivity index (χ0v) is 19.6. The third kappa shape index (κ3) is 5.80. The van der Waals surface area contributed by atoms with Crippen molar-refractivity contribution in [3.05, 3.63) is 101 Å². The number of hydrogen-bond donors (Lipinski definition) is 2. The van der Waals surface area contributed by atoms with Crippen molar-refractivity contribution in [2.75, 3.05) is 5.32 Å². The molecule has 0 aliphatic heterocycles. The molecule has 31 heavy (non-hydrogen) atoms. The number of benzene rings is 3. The zero-order chi connectivity index (χ0) is 22.6. The van der Waals surface area contributed by atoms with Gasteiger partial charge in [-0.1, -0.05) is 81.4 Å². The van der Waals surface area contributed by atoms with E-state index in [1.807, 2.05) is 60.7 Å². The fourth-order valence-corrected chi connectivity index (χ4v) is 3.84. The molecule has 0 amide bonds. The van der Waals surface area contributed by atoms with Gasteiger partial charge in [-0.05, 0) is 60.3 Å². The Bertz CT molecular complexity index is 1080. The van der Waals surface area contributed by atoms with Crippen molar-refractivity contribution < 1.29 is 4.79 Å². The molecule has 0 aliphatic carbocycles. The maximum atomic E-state index is 13.0. The average molecular weight is 431 g/mol. The predicted molar refractivity (Wildman–Crippen MR) is 134 cm³/mol. The number of carbonyl (C=O) groups is 1. The largest absolute Gasteiger partial charge is 0.356 e. The van der Waals surface area contributed by atoms with Crippen LogP contribution in [-0.2, 0) is 5.41 Å². The summed E-state index contributed by atoms with van der Waals surface area (Å²) >= 11 is 5.50. The number of ketones is 1. The molecule has 3 nitrogen and oxygen atoms in total. The molecule has 3 rings (SSSR count). The van der Waals surface area contributed by atoms with E-state index in [0.717, 1.165) is 5.69 Å². The number of anilines is 1. The van der Waals surface area contributed by atoms with E-state index in [-0.39, 0.29) is 17.2 Å². The molecule has 4 heteroatoms. The molecule has 0 unspecified atom stereocenters. The Morgan fingerprint density at radius 1 is 0.903 bits per heavy atom. The molecule has 0 bridgehead atoms. The summed E-state index contributed by atoms with van der Waals surface area (Å²) in [6, 6.07) is 23.6. The summed E-state index contributed by atoms with van der Waals surface area (Å²) in [5.74, 6) is -0.00346. The van der Waals surface area contributed by atoms with Crippen LogP contribution in [0.3, 0.4) is 0 Å². The monoisotopic (exact) mass is 430 g/mol. The first-order valence-electron chi connectivity index (χ1n) is 10.5. The first kappa shape index (κ1) is 22.7. The topological polar surface area (TPSA) is 41.1 Å². The molecule has 3 aromatic rings. The Morgan fingerprint density at radius 3 is 2.23 bits per heavy atom. The van der Waals surface area contributed by atoms with E-state index < -0.39 is 0 Å². The Hall–Kier alpha value is -2.98. The highest BCUT2D eigenvalue weighted by Crippen LogP contribution is 2.23. The molecule has 160 valence electrons. The van der Waals surface area contributed by atoms with Gasteiger partial charge < -0.3 is 10.6 Å². The number of nitrogens with one attached hydrogen (secondary N) is 2. The van der Waals surface area contributed by atoms with Gasteiger partial charge in [0.15, 0.2) is 10.9 Å². The number of thiocarbonyl (C=S) groups is 1. The van der Waals surface area contributed by atoms with Gasteiger partial charge in [0, 0.05) is 16.8 Å². The smallest absolute Gasteiger partial charge is 0.193 e. The van der Waals surface area contributed by atoms with Gasteiger partial charge in [-0.15, -0.1) is 0 Å².